The monoisotopic (exact) mass is 418 g/mol. The van der Waals surface area contributed by atoms with Gasteiger partial charge in [0.2, 0.25) is 0 Å². The van der Waals surface area contributed by atoms with Crippen LogP contribution in [0.1, 0.15) is 27.2 Å². The molecule has 9 nitrogen and oxygen atoms in total. The zero-order valence-corrected chi connectivity index (χ0v) is 17.9. The largest absolute Gasteiger partial charge is 0.495 e. The molecule has 0 spiro atoms. The Morgan fingerprint density at radius 1 is 1.33 bits per heavy atom. The number of aromatic nitrogens is 2. The van der Waals surface area contributed by atoms with Crippen molar-refractivity contribution < 1.29 is 19.7 Å². The summed E-state index contributed by atoms with van der Waals surface area (Å²) in [5.41, 5.74) is 0.679. The first kappa shape index (κ1) is 22.0. The Labute approximate surface area is 175 Å². The smallest absolute Gasteiger partial charge is 0.408 e. The Hall–Kier alpha value is -2.65. The number of pyridine rings is 2. The van der Waals surface area contributed by atoms with Crippen molar-refractivity contribution in [1.29, 1.82) is 0 Å². The number of aliphatic hydroxyl groups is 1. The third kappa shape index (κ3) is 4.57. The van der Waals surface area contributed by atoms with Gasteiger partial charge >= 0.3 is 6.09 Å². The summed E-state index contributed by atoms with van der Waals surface area (Å²) in [7, 11) is 1.55. The molecule has 30 heavy (non-hydrogen) atoms. The quantitative estimate of drug-likeness (QED) is 0.760. The molecule has 3 rings (SSSR count). The second kappa shape index (κ2) is 8.61. The summed E-state index contributed by atoms with van der Waals surface area (Å²) in [5.74, 6) is 0.578. The number of piperidine rings is 1. The van der Waals surface area contributed by atoms with Crippen LogP contribution in [0.4, 0.5) is 4.79 Å². The van der Waals surface area contributed by atoms with Crippen molar-refractivity contribution in [3.8, 4) is 5.75 Å². The molecule has 3 heterocycles. The summed E-state index contributed by atoms with van der Waals surface area (Å²) in [4.78, 5) is 31.9. The zero-order chi connectivity index (χ0) is 22.1. The standard InChI is InChI=1S/C21H30N4O5/c1-21(2,3)25(20(28)29)16-7-8-23(13-18(16)26)9-10-24-17-11-14(30-4)12-22-15(17)5-6-19(24)27/h5-6,11-12,16,18,26H,7-10,13H2,1-4H3,(H,28,29)/t16-,18-/m0/s1. The molecular formula is C21H30N4O5. The Kier molecular flexibility index (Phi) is 6.33. The van der Waals surface area contributed by atoms with Crippen LogP contribution in [0.3, 0.4) is 0 Å². The number of nitrogens with zero attached hydrogens (tertiary/aromatic N) is 4. The number of carboxylic acid groups (broad SMARTS) is 1. The van der Waals surface area contributed by atoms with Crippen LogP contribution < -0.4 is 10.3 Å². The van der Waals surface area contributed by atoms with Crippen LogP contribution in [0, 0.1) is 0 Å². The maximum atomic E-state index is 12.5. The molecule has 2 aromatic heterocycles. The minimum absolute atomic E-state index is 0.127. The van der Waals surface area contributed by atoms with Crippen molar-refractivity contribution >= 4 is 17.1 Å². The fraction of sp³-hybridized carbons (Fsp3) is 0.571. The van der Waals surface area contributed by atoms with Gasteiger partial charge in [-0.2, -0.15) is 0 Å². The van der Waals surface area contributed by atoms with Gasteiger partial charge in [0.25, 0.3) is 5.56 Å². The number of methoxy groups -OCH3 is 1. The average molecular weight is 418 g/mol. The maximum Gasteiger partial charge on any atom is 0.408 e. The van der Waals surface area contributed by atoms with Crippen molar-refractivity contribution in [2.24, 2.45) is 0 Å². The van der Waals surface area contributed by atoms with Crippen LogP contribution in [-0.2, 0) is 6.54 Å². The molecule has 2 N–H and O–H groups in total. The highest BCUT2D eigenvalue weighted by atomic mass is 16.5. The Bertz CT molecular complexity index is 968. The van der Waals surface area contributed by atoms with Crippen molar-refractivity contribution in [2.75, 3.05) is 26.7 Å². The predicted octanol–water partition coefficient (Wildman–Crippen LogP) is 1.62. The number of aliphatic hydroxyl groups excluding tert-OH is 1. The molecule has 1 amide bonds. The average Bonchev–Trinajstić information content (AvgIpc) is 2.67. The first-order valence-electron chi connectivity index (χ1n) is 10.1. The number of rotatable bonds is 5. The normalized spacial score (nSPS) is 20.3. The van der Waals surface area contributed by atoms with Gasteiger partial charge in [0.1, 0.15) is 5.75 Å². The minimum Gasteiger partial charge on any atom is -0.495 e. The lowest BCUT2D eigenvalue weighted by Crippen LogP contribution is -2.60. The third-order valence-corrected chi connectivity index (χ3v) is 5.58. The summed E-state index contributed by atoms with van der Waals surface area (Å²) in [5, 5.41) is 20.3. The fourth-order valence-electron chi connectivity index (χ4n) is 4.15. The fourth-order valence-corrected chi connectivity index (χ4v) is 4.15. The van der Waals surface area contributed by atoms with Crippen LogP contribution in [-0.4, -0.2) is 80.1 Å². The van der Waals surface area contributed by atoms with Crippen molar-refractivity contribution in [3.05, 3.63) is 34.7 Å². The van der Waals surface area contributed by atoms with E-state index in [1.807, 2.05) is 20.8 Å². The first-order valence-corrected chi connectivity index (χ1v) is 10.1. The molecule has 0 aliphatic carbocycles. The molecule has 164 valence electrons. The van der Waals surface area contributed by atoms with Crippen LogP contribution in [0.25, 0.3) is 11.0 Å². The van der Waals surface area contributed by atoms with Gasteiger partial charge in [-0.05, 0) is 33.3 Å². The molecule has 1 aliphatic rings. The van der Waals surface area contributed by atoms with E-state index in [0.29, 0.717) is 49.4 Å². The van der Waals surface area contributed by atoms with Gasteiger partial charge in [0.15, 0.2) is 0 Å². The summed E-state index contributed by atoms with van der Waals surface area (Å²) in [6.07, 6.45) is 0.329. The lowest BCUT2D eigenvalue weighted by molar-refractivity contribution is -0.0354. The Balaban J connectivity index is 1.72. The SMILES string of the molecule is COc1cnc2ccc(=O)n(CCN3CC[C@H](N(C(=O)O)C(C)(C)C)[C@@H](O)C3)c2c1. The minimum atomic E-state index is -1.02. The maximum absolute atomic E-state index is 12.5. The second-order valence-electron chi connectivity index (χ2n) is 8.65. The van der Waals surface area contributed by atoms with E-state index < -0.39 is 23.8 Å². The van der Waals surface area contributed by atoms with Crippen LogP contribution in [0.15, 0.2) is 29.2 Å². The van der Waals surface area contributed by atoms with E-state index in [1.54, 1.807) is 30.0 Å². The second-order valence-corrected chi connectivity index (χ2v) is 8.65. The summed E-state index contributed by atoms with van der Waals surface area (Å²) in [6.45, 7) is 7.47. The molecule has 0 unspecified atom stereocenters. The number of carbonyl (C=O) groups is 1. The number of amides is 1. The Morgan fingerprint density at radius 3 is 2.67 bits per heavy atom. The first-order chi connectivity index (χ1) is 14.1. The molecule has 9 heteroatoms. The van der Waals surface area contributed by atoms with E-state index in [9.17, 15) is 19.8 Å². The third-order valence-electron chi connectivity index (χ3n) is 5.58. The molecule has 2 aromatic rings. The highest BCUT2D eigenvalue weighted by Crippen LogP contribution is 2.25. The molecule has 0 radical (unpaired) electrons. The predicted molar refractivity (Wildman–Crippen MR) is 113 cm³/mol. The number of fused-ring (bicyclic) bond motifs is 1. The highest BCUT2D eigenvalue weighted by Gasteiger charge is 2.39. The summed E-state index contributed by atoms with van der Waals surface area (Å²) >= 11 is 0. The number of hydrogen-bond acceptors (Lipinski definition) is 6. The van der Waals surface area contributed by atoms with Gasteiger partial charge in [0.05, 0.1) is 36.5 Å². The zero-order valence-electron chi connectivity index (χ0n) is 17.9. The summed E-state index contributed by atoms with van der Waals surface area (Å²) < 4.78 is 6.89. The molecule has 0 aromatic carbocycles. The van der Waals surface area contributed by atoms with Gasteiger partial charge in [0, 0.05) is 43.9 Å². The number of hydrogen-bond donors (Lipinski definition) is 2. The molecule has 1 aliphatic heterocycles. The van der Waals surface area contributed by atoms with E-state index in [0.717, 1.165) is 0 Å². The van der Waals surface area contributed by atoms with Gasteiger partial charge in [-0.25, -0.2) is 4.79 Å². The van der Waals surface area contributed by atoms with Gasteiger partial charge < -0.3 is 19.5 Å². The summed E-state index contributed by atoms with van der Waals surface area (Å²) in [6, 6.07) is 4.53. The lowest BCUT2D eigenvalue weighted by Gasteiger charge is -2.45. The molecule has 1 saturated heterocycles. The highest BCUT2D eigenvalue weighted by molar-refractivity contribution is 5.75. The molecule has 0 saturated carbocycles. The Morgan fingerprint density at radius 2 is 2.07 bits per heavy atom. The van der Waals surface area contributed by atoms with E-state index in [-0.39, 0.29) is 5.56 Å². The van der Waals surface area contributed by atoms with Crippen molar-refractivity contribution in [1.82, 2.24) is 19.4 Å². The molecular weight excluding hydrogens is 388 g/mol. The van der Waals surface area contributed by atoms with E-state index in [1.165, 1.54) is 11.0 Å². The van der Waals surface area contributed by atoms with Crippen molar-refractivity contribution in [3.63, 3.8) is 0 Å². The number of β-amino-alcohol motifs (C(OH)–C–C–N with tert-alkyl or cyclic N) is 1. The van der Waals surface area contributed by atoms with Crippen LogP contribution in [0.5, 0.6) is 5.75 Å². The van der Waals surface area contributed by atoms with Gasteiger partial charge in [-0.3, -0.25) is 19.6 Å². The molecule has 1 fully saturated rings. The number of likely N-dealkylation sites (tertiary alicyclic amines) is 1. The molecule has 0 bridgehead atoms. The van der Waals surface area contributed by atoms with Crippen molar-refractivity contribution in [2.45, 2.75) is 51.4 Å². The van der Waals surface area contributed by atoms with Crippen LogP contribution in [0.2, 0.25) is 0 Å². The number of ether oxygens (including phenoxy) is 1. The van der Waals surface area contributed by atoms with Gasteiger partial charge in [-0.1, -0.05) is 0 Å². The van der Waals surface area contributed by atoms with E-state index >= 15 is 0 Å². The topological polar surface area (TPSA) is 108 Å². The van der Waals surface area contributed by atoms with E-state index in [4.69, 9.17) is 4.74 Å². The van der Waals surface area contributed by atoms with Crippen LogP contribution >= 0.6 is 0 Å². The molecule has 2 atom stereocenters. The lowest BCUT2D eigenvalue weighted by atomic mass is 9.95. The van der Waals surface area contributed by atoms with Gasteiger partial charge in [-0.15, -0.1) is 0 Å². The van der Waals surface area contributed by atoms with E-state index in [2.05, 4.69) is 9.88 Å².